The minimum atomic E-state index is -5.09. The first-order valence-corrected chi connectivity index (χ1v) is 46.3. The van der Waals surface area contributed by atoms with Crippen molar-refractivity contribution < 1.29 is 96.9 Å². The zero-order valence-electron chi connectivity index (χ0n) is 75.6. The number of aromatic hydroxyl groups is 4. The maximum absolute atomic E-state index is 16.3. The van der Waals surface area contributed by atoms with Crippen LogP contribution < -0.4 is 40.2 Å². The van der Waals surface area contributed by atoms with E-state index in [0.29, 0.717) is 71.0 Å². The van der Waals surface area contributed by atoms with Gasteiger partial charge in [-0.05, 0) is 236 Å². The summed E-state index contributed by atoms with van der Waals surface area (Å²) in [4.78, 5) is 16.3. The van der Waals surface area contributed by atoms with Crippen LogP contribution >= 0.6 is 11.6 Å². The van der Waals surface area contributed by atoms with Crippen molar-refractivity contribution in [2.45, 2.75) is 176 Å². The third-order valence-corrected chi connectivity index (χ3v) is 29.4. The summed E-state index contributed by atoms with van der Waals surface area (Å²) in [6.07, 6.45) is -9.46. The lowest BCUT2D eigenvalue weighted by molar-refractivity contribution is -0.138. The predicted molar refractivity (Wildman–Crippen MR) is 505 cm³/mol. The average Bonchev–Trinajstić information content (AvgIpc) is 1.64. The normalized spacial score (nSPS) is 24.6. The van der Waals surface area contributed by atoms with Gasteiger partial charge in [0.15, 0.2) is 0 Å². The molecule has 0 amide bonds. The number of ether oxygens (including phenoxy) is 4. The average molecular weight is 1930 g/mol. The summed E-state index contributed by atoms with van der Waals surface area (Å²) in [6, 6.07) is 44.5. The molecule has 34 heteroatoms. The van der Waals surface area contributed by atoms with Crippen molar-refractivity contribution in [1.82, 2.24) is 21.3 Å². The Balaban J connectivity index is 0.979. The van der Waals surface area contributed by atoms with E-state index in [2.05, 4.69) is 57.0 Å². The number of phenols is 4. The summed E-state index contributed by atoms with van der Waals surface area (Å²) in [5.41, 5.74) is -24.9. The Hall–Kier alpha value is -13.1. The third kappa shape index (κ3) is 16.8. The SMILES string of the molecule is CC(Oc1cc(OC(C)(c2ccc(O)cc2)C2(C3CCCCN3)C=NN=C2c2ccccc2C(F)(F)F)cc(-c2c(OC(C)(c3ccc(O)cc3)C3(C4CCCCN4)C=NN=C3c3ccccc3C(F)(F)F)cc(OC(C)(c3ccc(O)cc3)C3(C4CCCCN4)C=NN=C3c3ccccc3C(F)(F)F)cc2C(=O)Cl)c1)(c1ccc(O)cc1)C1(C2CCCCN2)C=NN=C1c1ccccc1C(F)(F)F. The fourth-order valence-corrected chi connectivity index (χ4v) is 22.6. The van der Waals surface area contributed by atoms with Gasteiger partial charge in [0.2, 0.25) is 0 Å². The fraction of sp³-hybridized carbons (Fsp3) is 0.343. The van der Waals surface area contributed by atoms with Crippen molar-refractivity contribution in [3.05, 3.63) is 297 Å². The number of benzene rings is 10. The van der Waals surface area contributed by atoms with E-state index in [-0.39, 0.29) is 123 Å². The smallest absolute Gasteiger partial charge is 0.417 e. The molecule has 0 aromatic heterocycles. The molecule has 4 saturated heterocycles. The number of alkyl halides is 12. The Kier molecular flexibility index (Phi) is 25.6. The lowest BCUT2D eigenvalue weighted by atomic mass is 9.59. The summed E-state index contributed by atoms with van der Waals surface area (Å²) in [6.45, 7) is 7.48. The van der Waals surface area contributed by atoms with Gasteiger partial charge >= 0.3 is 24.7 Å². The number of nitrogens with one attached hydrogen (secondary N) is 4. The predicted octanol–water partition coefficient (Wildman–Crippen LogP) is 22.3. The summed E-state index contributed by atoms with van der Waals surface area (Å²) in [7, 11) is 0. The molecule has 0 bridgehead atoms. The molecule has 10 aromatic carbocycles. The van der Waals surface area contributed by atoms with Crippen LogP contribution in [0, 0.1) is 21.7 Å². The van der Waals surface area contributed by atoms with Gasteiger partial charge < -0.3 is 60.6 Å². The van der Waals surface area contributed by atoms with Crippen molar-refractivity contribution in [2.75, 3.05) is 26.2 Å². The Bertz CT molecular complexity index is 6410. The number of piperidine rings is 4. The summed E-state index contributed by atoms with van der Waals surface area (Å²) >= 11 is 7.44. The van der Waals surface area contributed by atoms with Gasteiger partial charge in [-0.1, -0.05) is 147 Å². The minimum absolute atomic E-state index is 0.0890. The van der Waals surface area contributed by atoms with Crippen LogP contribution in [0.3, 0.4) is 0 Å². The van der Waals surface area contributed by atoms with Gasteiger partial charge in [0.1, 0.15) is 90.1 Å². The van der Waals surface area contributed by atoms with Crippen LogP contribution in [0.15, 0.2) is 265 Å². The molecule has 8 heterocycles. The lowest BCUT2D eigenvalue weighted by Crippen LogP contribution is -2.64. The number of phenolic OH excluding ortho intramolecular Hbond substituents is 4. The largest absolute Gasteiger partial charge is 0.508 e. The standard InChI is InChI=1S/C105H97ClF12N12O9/c1-94(63-33-41-67(131)42-34-63,98(84-29-13-17-49-119-84)58-123-127-89(98)74-21-5-9-25-79(74)102(107,108)109)136-71-53-62(54-72(55-71)137-95(2,64-35-43-68(132)44-36-64)99(85-30-14-18-50-120-85)59-124-128-90(99)75-22-6-10-26-80(75)103(110,111)112)88-78(93(106)135)56-73(138-96(3,65-37-45-69(133)46-38-65)100(86-31-15-19-51-121-86)60-125-129-91(100)76-23-7-11-27-81(76)104(113,114)115)57-83(88)139-97(4,66-39-47-70(134)48-40-66)101(87-32-16-20-52-122-87)61-126-130-92(101)77-24-8-12-28-82(77)105(116,117)118/h5-12,21-28,33-48,53-61,84-87,119-122,131-134H,13-20,29-32,49-52H2,1-4H3. The molecule has 0 radical (unpaired) electrons. The monoisotopic (exact) mass is 1930 g/mol. The first kappa shape index (κ1) is 96.2. The highest BCUT2D eigenvalue weighted by Gasteiger charge is 2.68. The number of halogens is 13. The van der Waals surface area contributed by atoms with Gasteiger partial charge in [-0.25, -0.2) is 0 Å². The number of rotatable bonds is 26. The second-order valence-electron chi connectivity index (χ2n) is 37.0. The molecule has 0 aliphatic carbocycles. The zero-order valence-corrected chi connectivity index (χ0v) is 76.4. The summed E-state index contributed by atoms with van der Waals surface area (Å²) in [5.74, 6) is -2.62. The van der Waals surface area contributed by atoms with E-state index in [0.717, 1.165) is 24.3 Å². The highest BCUT2D eigenvalue weighted by atomic mass is 35.5. The second kappa shape index (κ2) is 36.9. The molecule has 21 nitrogen and oxygen atoms in total. The molecule has 10 aromatic rings. The highest BCUT2D eigenvalue weighted by molar-refractivity contribution is 6.68. The van der Waals surface area contributed by atoms with Crippen LogP contribution in [-0.4, -0.2) is 124 Å². The van der Waals surface area contributed by atoms with Crippen LogP contribution in [0.25, 0.3) is 11.1 Å². The molecular weight excluding hydrogens is 1840 g/mol. The lowest BCUT2D eigenvalue weighted by Gasteiger charge is -2.51. The van der Waals surface area contributed by atoms with Crippen LogP contribution in [0.1, 0.15) is 182 Å². The molecule has 18 rings (SSSR count). The molecule has 4 fully saturated rings. The molecule has 8 N–H and O–H groups in total. The van der Waals surface area contributed by atoms with Gasteiger partial charge in [0.25, 0.3) is 5.24 Å². The van der Waals surface area contributed by atoms with Gasteiger partial charge in [-0.3, -0.25) is 4.79 Å². The first-order chi connectivity index (χ1) is 66.3. The number of carbonyl (C=O) groups excluding carboxylic acids is 1. The number of hydrogen-bond acceptors (Lipinski definition) is 21. The highest BCUT2D eigenvalue weighted by Crippen LogP contribution is 2.61. The fourth-order valence-electron chi connectivity index (χ4n) is 22.4. The third-order valence-electron chi connectivity index (χ3n) is 29.2. The molecule has 0 spiro atoms. The van der Waals surface area contributed by atoms with Gasteiger partial charge in [-0.2, -0.15) is 93.5 Å². The van der Waals surface area contributed by atoms with Crippen LogP contribution in [0.5, 0.6) is 46.0 Å². The van der Waals surface area contributed by atoms with Crippen LogP contribution in [0.4, 0.5) is 52.7 Å². The van der Waals surface area contributed by atoms with E-state index in [1.807, 2.05) is 0 Å². The molecule has 8 aliphatic rings. The molecule has 12 unspecified atom stereocenters. The van der Waals surface area contributed by atoms with Crippen molar-refractivity contribution in [1.29, 1.82) is 0 Å². The molecule has 139 heavy (non-hydrogen) atoms. The molecular formula is C105H97ClF12N12O9. The van der Waals surface area contributed by atoms with Crippen LogP contribution in [0.2, 0.25) is 0 Å². The number of carbonyl (C=O) groups is 1. The summed E-state index contributed by atoms with van der Waals surface area (Å²) in [5, 5.41) is 95.6. The Morgan fingerprint density at radius 1 is 0.331 bits per heavy atom. The van der Waals surface area contributed by atoms with Crippen molar-refractivity contribution >= 4 is 64.5 Å². The molecule has 722 valence electrons. The van der Waals surface area contributed by atoms with Crippen LogP contribution in [-0.2, 0) is 47.1 Å². The minimum Gasteiger partial charge on any atom is -0.508 e. The quantitative estimate of drug-likeness (QED) is 0.0185. The van der Waals surface area contributed by atoms with E-state index >= 15 is 57.5 Å². The topological polar surface area (TPSA) is 282 Å². The van der Waals surface area contributed by atoms with E-state index in [4.69, 9.17) is 35.6 Å². The maximum atomic E-state index is 16.3. The van der Waals surface area contributed by atoms with E-state index in [1.54, 1.807) is 27.7 Å². The number of hydrogen-bond donors (Lipinski definition) is 8. The Morgan fingerprint density at radius 3 is 0.813 bits per heavy atom. The van der Waals surface area contributed by atoms with E-state index in [9.17, 15) is 20.4 Å². The van der Waals surface area contributed by atoms with Crippen molar-refractivity contribution in [2.24, 2.45) is 62.5 Å². The Labute approximate surface area is 797 Å². The van der Waals surface area contributed by atoms with E-state index in [1.165, 1.54) is 225 Å². The van der Waals surface area contributed by atoms with Gasteiger partial charge in [0.05, 0.1) is 45.1 Å². The van der Waals surface area contributed by atoms with Crippen molar-refractivity contribution in [3.63, 3.8) is 0 Å². The zero-order chi connectivity index (χ0) is 98.1. The molecule has 12 atom stereocenters. The molecule has 8 aliphatic heterocycles. The first-order valence-electron chi connectivity index (χ1n) is 45.9. The van der Waals surface area contributed by atoms with Gasteiger partial charge in [0, 0.05) is 94.5 Å². The van der Waals surface area contributed by atoms with Gasteiger partial charge in [-0.15, -0.1) is 0 Å². The Morgan fingerprint density at radius 2 is 0.576 bits per heavy atom. The second-order valence-corrected chi connectivity index (χ2v) is 37.3. The number of nitrogens with zero attached hydrogens (tertiary/aromatic N) is 8. The maximum Gasteiger partial charge on any atom is 0.417 e. The summed E-state index contributed by atoms with van der Waals surface area (Å²) < 4.78 is 226. The molecule has 0 saturated carbocycles. The van der Waals surface area contributed by atoms with E-state index < -0.39 is 160 Å². The van der Waals surface area contributed by atoms with Crippen molar-refractivity contribution in [3.8, 4) is 57.1 Å².